The van der Waals surface area contributed by atoms with Crippen LogP contribution in [0.3, 0.4) is 0 Å². The van der Waals surface area contributed by atoms with Crippen LogP contribution in [0.25, 0.3) is 0 Å². The van der Waals surface area contributed by atoms with E-state index in [-0.39, 0.29) is 0 Å². The third kappa shape index (κ3) is 1.32. The molecule has 15 heavy (non-hydrogen) atoms. The number of nitrogens with one attached hydrogen (secondary N) is 1. The average molecular weight is 212 g/mol. The molecule has 6 heteroatoms. The molecule has 0 unspecified atom stereocenters. The van der Waals surface area contributed by atoms with E-state index in [1.54, 1.807) is 0 Å². The van der Waals surface area contributed by atoms with Crippen LogP contribution < -0.4 is 5.32 Å². The quantitative estimate of drug-likeness (QED) is 0.388. The molecule has 82 valence electrons. The second kappa shape index (κ2) is 2.93. The molecule has 1 N–H and O–H groups in total. The van der Waals surface area contributed by atoms with Gasteiger partial charge in [0.15, 0.2) is 0 Å². The highest BCUT2D eigenvalue weighted by molar-refractivity contribution is 6.31. The molecule has 0 saturated carbocycles. The third-order valence-corrected chi connectivity index (χ3v) is 3.19. The lowest BCUT2D eigenvalue weighted by Crippen LogP contribution is -2.47. The topological polar surface area (TPSA) is 67.9 Å². The Kier molecular flexibility index (Phi) is 1.78. The summed E-state index contributed by atoms with van der Waals surface area (Å²) in [6.07, 6.45) is 0.581. The number of ether oxygens (including phenoxy) is 2. The van der Waals surface area contributed by atoms with Gasteiger partial charge in [0.25, 0.3) is 5.79 Å². The Labute approximate surface area is 86.5 Å². The van der Waals surface area contributed by atoms with Crippen molar-refractivity contribution in [3.8, 4) is 0 Å². The monoisotopic (exact) mass is 212 g/mol. The predicted molar refractivity (Wildman–Crippen MR) is 47.8 cm³/mol. The molecule has 0 aromatic carbocycles. The van der Waals surface area contributed by atoms with E-state index in [1.165, 1.54) is 0 Å². The lowest BCUT2D eigenvalue weighted by Gasteiger charge is -2.28. The number of hydrogen-bond acceptors (Lipinski definition) is 6. The molecular weight excluding hydrogens is 200 g/mol. The van der Waals surface area contributed by atoms with Crippen LogP contribution in [0, 0.1) is 0 Å². The third-order valence-electron chi connectivity index (χ3n) is 3.19. The number of rotatable bonds is 0. The van der Waals surface area contributed by atoms with E-state index in [2.05, 4.69) is 10.2 Å². The summed E-state index contributed by atoms with van der Waals surface area (Å²) < 4.78 is 10.1. The summed E-state index contributed by atoms with van der Waals surface area (Å²) in [6.45, 7) is 3.20. The summed E-state index contributed by atoms with van der Waals surface area (Å²) in [6, 6.07) is 0.303. The Bertz CT molecular complexity index is 298. The summed E-state index contributed by atoms with van der Waals surface area (Å²) in [7, 11) is 0. The molecule has 0 amide bonds. The number of nitrogens with zero attached hydrogens (tertiary/aromatic N) is 1. The van der Waals surface area contributed by atoms with Gasteiger partial charge in [-0.3, -0.25) is 4.90 Å². The van der Waals surface area contributed by atoms with E-state index >= 15 is 0 Å². The molecule has 3 rings (SSSR count). The zero-order valence-electron chi connectivity index (χ0n) is 8.19. The fraction of sp³-hybridized carbons (Fsp3) is 0.778. The number of esters is 2. The molecule has 3 aliphatic heterocycles. The van der Waals surface area contributed by atoms with E-state index in [9.17, 15) is 9.59 Å². The standard InChI is InChI=1S/C9H12N2O4/c12-7-8(13)15-9(14-7)3-6-4-10-1-2-11(6)5-9/h6,10H,1-5H2/t6-/m1/s1. The highest BCUT2D eigenvalue weighted by atomic mass is 16.8. The largest absolute Gasteiger partial charge is 0.420 e. The van der Waals surface area contributed by atoms with Crippen LogP contribution in [-0.2, 0) is 19.1 Å². The molecule has 0 radical (unpaired) electrons. The molecule has 3 heterocycles. The van der Waals surface area contributed by atoms with Gasteiger partial charge in [0.2, 0.25) is 0 Å². The Morgan fingerprint density at radius 3 is 2.73 bits per heavy atom. The van der Waals surface area contributed by atoms with Crippen LogP contribution in [0.4, 0.5) is 0 Å². The number of carbonyl (C=O) groups excluding carboxylic acids is 2. The van der Waals surface area contributed by atoms with E-state index in [0.717, 1.165) is 19.6 Å². The van der Waals surface area contributed by atoms with E-state index in [4.69, 9.17) is 9.47 Å². The minimum absolute atomic E-state index is 0.303. The summed E-state index contributed by atoms with van der Waals surface area (Å²) in [5, 5.41) is 3.26. The van der Waals surface area contributed by atoms with Gasteiger partial charge in [-0.05, 0) is 0 Å². The lowest BCUT2D eigenvalue weighted by molar-refractivity contribution is -0.172. The van der Waals surface area contributed by atoms with E-state index < -0.39 is 17.7 Å². The van der Waals surface area contributed by atoms with Crippen LogP contribution in [0.15, 0.2) is 0 Å². The number of piperazine rings is 1. The summed E-state index contributed by atoms with van der Waals surface area (Å²) in [4.78, 5) is 24.2. The van der Waals surface area contributed by atoms with Gasteiger partial charge in [-0.2, -0.15) is 0 Å². The van der Waals surface area contributed by atoms with Gasteiger partial charge >= 0.3 is 11.9 Å². The van der Waals surface area contributed by atoms with Crippen LogP contribution in [0.5, 0.6) is 0 Å². The van der Waals surface area contributed by atoms with Gasteiger partial charge in [0.05, 0.1) is 6.54 Å². The van der Waals surface area contributed by atoms with Crippen LogP contribution >= 0.6 is 0 Å². The second-order valence-corrected chi connectivity index (χ2v) is 4.22. The van der Waals surface area contributed by atoms with Crippen LogP contribution in [-0.4, -0.2) is 54.8 Å². The number of carbonyl (C=O) groups is 2. The Balaban J connectivity index is 1.79. The Morgan fingerprint density at radius 2 is 2.07 bits per heavy atom. The van der Waals surface area contributed by atoms with Crippen molar-refractivity contribution in [3.05, 3.63) is 0 Å². The van der Waals surface area contributed by atoms with Crippen molar-refractivity contribution in [3.63, 3.8) is 0 Å². The zero-order valence-corrected chi connectivity index (χ0v) is 8.19. The van der Waals surface area contributed by atoms with Crippen molar-refractivity contribution < 1.29 is 19.1 Å². The lowest BCUT2D eigenvalue weighted by atomic mass is 10.1. The molecule has 3 saturated heterocycles. The molecule has 0 aromatic heterocycles. The van der Waals surface area contributed by atoms with Crippen molar-refractivity contribution >= 4 is 11.9 Å². The highest BCUT2D eigenvalue weighted by Crippen LogP contribution is 2.35. The summed E-state index contributed by atoms with van der Waals surface area (Å²) in [5.74, 6) is -2.71. The van der Waals surface area contributed by atoms with Crippen molar-refractivity contribution in [1.82, 2.24) is 10.2 Å². The van der Waals surface area contributed by atoms with E-state index in [1.807, 2.05) is 0 Å². The molecular formula is C9H12N2O4. The number of hydrogen-bond donors (Lipinski definition) is 1. The molecule has 1 atom stereocenters. The first-order valence-electron chi connectivity index (χ1n) is 5.10. The molecule has 6 nitrogen and oxygen atoms in total. The fourth-order valence-electron chi connectivity index (χ4n) is 2.54. The van der Waals surface area contributed by atoms with Crippen molar-refractivity contribution in [2.24, 2.45) is 0 Å². The molecule has 3 fully saturated rings. The van der Waals surface area contributed by atoms with Gasteiger partial charge in [-0.25, -0.2) is 9.59 Å². The van der Waals surface area contributed by atoms with Crippen molar-refractivity contribution in [2.75, 3.05) is 26.2 Å². The molecule has 0 bridgehead atoms. The second-order valence-electron chi connectivity index (χ2n) is 4.22. The smallest absolute Gasteiger partial charge is 0.413 e. The average Bonchev–Trinajstić information content (AvgIpc) is 2.66. The van der Waals surface area contributed by atoms with Gasteiger partial charge in [0.1, 0.15) is 0 Å². The highest BCUT2D eigenvalue weighted by Gasteiger charge is 2.56. The maximum atomic E-state index is 11.0. The maximum Gasteiger partial charge on any atom is 0.420 e. The first kappa shape index (κ1) is 9.11. The molecule has 1 spiro atoms. The zero-order chi connectivity index (χ0) is 10.5. The number of fused-ring (bicyclic) bond motifs is 1. The van der Waals surface area contributed by atoms with Gasteiger partial charge in [0, 0.05) is 32.1 Å². The predicted octanol–water partition coefficient (Wildman–Crippen LogP) is -1.54. The van der Waals surface area contributed by atoms with Gasteiger partial charge in [-0.1, -0.05) is 0 Å². The molecule has 0 aliphatic carbocycles. The summed E-state index contributed by atoms with van der Waals surface area (Å²) >= 11 is 0. The van der Waals surface area contributed by atoms with Crippen LogP contribution in [0.2, 0.25) is 0 Å². The van der Waals surface area contributed by atoms with Gasteiger partial charge in [-0.15, -0.1) is 0 Å². The minimum atomic E-state index is -0.995. The first-order chi connectivity index (χ1) is 7.19. The Morgan fingerprint density at radius 1 is 1.33 bits per heavy atom. The van der Waals surface area contributed by atoms with E-state index in [0.29, 0.717) is 19.0 Å². The molecule has 3 aliphatic rings. The van der Waals surface area contributed by atoms with Crippen LogP contribution in [0.1, 0.15) is 6.42 Å². The normalized spacial score (nSPS) is 34.0. The van der Waals surface area contributed by atoms with Crippen molar-refractivity contribution in [1.29, 1.82) is 0 Å². The van der Waals surface area contributed by atoms with Crippen molar-refractivity contribution in [2.45, 2.75) is 18.2 Å². The first-order valence-corrected chi connectivity index (χ1v) is 5.10. The van der Waals surface area contributed by atoms with Gasteiger partial charge < -0.3 is 14.8 Å². The molecule has 0 aromatic rings. The minimum Gasteiger partial charge on any atom is -0.413 e. The Hall–Kier alpha value is -1.14. The maximum absolute atomic E-state index is 11.0. The summed E-state index contributed by atoms with van der Waals surface area (Å²) in [5.41, 5.74) is 0. The SMILES string of the molecule is O=C1OC2(C[C@@H]3CNCCN3C2)OC1=O. The fourth-order valence-corrected chi connectivity index (χ4v) is 2.54.